The number of aromatic nitrogens is 1. The lowest BCUT2D eigenvalue weighted by molar-refractivity contribution is -0.117. The topological polar surface area (TPSA) is 71.7 Å². The molecule has 7 nitrogen and oxygen atoms in total. The van der Waals surface area contributed by atoms with Gasteiger partial charge in [-0.2, -0.15) is 0 Å². The lowest BCUT2D eigenvalue weighted by atomic mass is 9.97. The zero-order valence-corrected chi connectivity index (χ0v) is 19.9. The fourth-order valence-electron chi connectivity index (χ4n) is 6.26. The molecule has 1 aromatic heterocycles. The van der Waals surface area contributed by atoms with Crippen LogP contribution in [0.15, 0.2) is 35.1 Å². The van der Waals surface area contributed by atoms with Crippen molar-refractivity contribution in [3.05, 3.63) is 51.8 Å². The van der Waals surface area contributed by atoms with Gasteiger partial charge in [-0.1, -0.05) is 12.1 Å². The first-order chi connectivity index (χ1) is 16.5. The van der Waals surface area contributed by atoms with Crippen molar-refractivity contribution in [2.45, 2.75) is 19.3 Å². The number of amides is 1. The van der Waals surface area contributed by atoms with Gasteiger partial charge in [-0.3, -0.25) is 14.5 Å². The Morgan fingerprint density at radius 3 is 2.71 bits per heavy atom. The van der Waals surface area contributed by atoms with Gasteiger partial charge in [-0.15, -0.1) is 0 Å². The van der Waals surface area contributed by atoms with Gasteiger partial charge in [0.15, 0.2) is 0 Å². The molecule has 3 aliphatic rings. The number of anilines is 1. The van der Waals surface area contributed by atoms with Crippen LogP contribution in [0.1, 0.15) is 24.0 Å². The fourth-order valence-corrected chi connectivity index (χ4v) is 6.26. The van der Waals surface area contributed by atoms with Crippen LogP contribution >= 0.6 is 0 Å². The molecule has 2 N–H and O–H groups in total. The minimum absolute atomic E-state index is 0.0366. The van der Waals surface area contributed by atoms with Gasteiger partial charge in [0.1, 0.15) is 0 Å². The molecule has 7 heteroatoms. The molecular formula is C27H33N5O2. The van der Waals surface area contributed by atoms with E-state index in [1.54, 1.807) is 0 Å². The number of carbonyl (C=O) groups is 1. The Hall–Kier alpha value is -2.74. The van der Waals surface area contributed by atoms with E-state index in [-0.39, 0.29) is 11.5 Å². The predicted molar refractivity (Wildman–Crippen MR) is 137 cm³/mol. The Bertz CT molecular complexity index is 1310. The smallest absolute Gasteiger partial charge is 0.256 e. The van der Waals surface area contributed by atoms with Crippen LogP contribution in [0, 0.1) is 5.92 Å². The van der Waals surface area contributed by atoms with Gasteiger partial charge in [0, 0.05) is 73.1 Å². The third-order valence-electron chi connectivity index (χ3n) is 7.92. The molecule has 1 atom stereocenters. The summed E-state index contributed by atoms with van der Waals surface area (Å²) in [7, 11) is 2.23. The molecule has 1 unspecified atom stereocenters. The quantitative estimate of drug-likeness (QED) is 0.449. The van der Waals surface area contributed by atoms with Crippen molar-refractivity contribution in [3.63, 3.8) is 0 Å². The number of nitrogens with zero attached hydrogens (tertiary/aromatic N) is 3. The second kappa shape index (κ2) is 8.80. The van der Waals surface area contributed by atoms with Gasteiger partial charge in [-0.25, -0.2) is 0 Å². The molecule has 2 aromatic carbocycles. The number of nitrogens with one attached hydrogen (secondary N) is 2. The number of likely N-dealkylation sites (tertiary alicyclic amines) is 1. The SMILES string of the molecule is CN1CCCC(CN2CCN(CC(=O)Nc3ccc4[nH]c(=O)c5cccc6c5c4c3C6)CC2)C1. The summed E-state index contributed by atoms with van der Waals surface area (Å²) in [6, 6.07) is 9.75. The normalized spacial score (nSPS) is 21.6. The largest absolute Gasteiger partial charge is 0.325 e. The molecule has 2 aliphatic heterocycles. The number of aromatic amines is 1. The minimum atomic E-state index is -0.0522. The van der Waals surface area contributed by atoms with Gasteiger partial charge in [-0.05, 0) is 61.7 Å². The molecule has 0 spiro atoms. The zero-order chi connectivity index (χ0) is 23.2. The summed E-state index contributed by atoms with van der Waals surface area (Å²) in [6.45, 7) is 7.99. The number of hydrogen-bond acceptors (Lipinski definition) is 5. The summed E-state index contributed by atoms with van der Waals surface area (Å²) in [6.07, 6.45) is 3.39. The van der Waals surface area contributed by atoms with Gasteiger partial charge in [0.05, 0.1) is 6.54 Å². The van der Waals surface area contributed by atoms with Crippen molar-refractivity contribution in [1.82, 2.24) is 19.7 Å². The van der Waals surface area contributed by atoms with E-state index in [1.165, 1.54) is 32.5 Å². The Kier molecular flexibility index (Phi) is 5.63. The standard InChI is InChI=1S/C27H33N5O2/c1-30-9-3-4-18(15-30)16-31-10-12-32(13-11-31)17-24(33)28-22-7-8-23-26-21(22)14-19-5-2-6-20(25(19)26)27(34)29-23/h2,5-8,18H,3-4,9-17H2,1H3,(H,28,33)(H,29,34). The van der Waals surface area contributed by atoms with E-state index in [0.717, 1.165) is 77.0 Å². The molecule has 0 saturated carbocycles. The highest BCUT2D eigenvalue weighted by atomic mass is 16.2. The molecule has 3 heterocycles. The van der Waals surface area contributed by atoms with Crippen LogP contribution in [0.3, 0.4) is 0 Å². The fraction of sp³-hybridized carbons (Fsp3) is 0.481. The number of piperidine rings is 1. The number of rotatable bonds is 5. The number of benzene rings is 2. The van der Waals surface area contributed by atoms with Gasteiger partial charge in [0.2, 0.25) is 5.91 Å². The van der Waals surface area contributed by atoms with Crippen LogP contribution in [-0.4, -0.2) is 85.0 Å². The third kappa shape index (κ3) is 4.02. The first-order valence-electron chi connectivity index (χ1n) is 12.6. The number of pyridine rings is 1. The van der Waals surface area contributed by atoms with E-state index in [4.69, 9.17) is 0 Å². The molecule has 0 bridgehead atoms. The molecule has 178 valence electrons. The van der Waals surface area contributed by atoms with Crippen LogP contribution in [0.4, 0.5) is 5.69 Å². The maximum absolute atomic E-state index is 13.0. The van der Waals surface area contributed by atoms with Crippen LogP contribution < -0.4 is 10.9 Å². The molecule has 6 rings (SSSR count). The monoisotopic (exact) mass is 459 g/mol. The molecule has 1 amide bonds. The molecule has 0 radical (unpaired) electrons. The van der Waals surface area contributed by atoms with E-state index in [2.05, 4.69) is 38.1 Å². The summed E-state index contributed by atoms with van der Waals surface area (Å²) in [4.78, 5) is 35.7. The van der Waals surface area contributed by atoms with Crippen LogP contribution in [0.5, 0.6) is 0 Å². The highest BCUT2D eigenvalue weighted by Gasteiger charge is 2.25. The molecule has 34 heavy (non-hydrogen) atoms. The Labute approximate surface area is 199 Å². The lowest BCUT2D eigenvalue weighted by Gasteiger charge is -2.38. The van der Waals surface area contributed by atoms with Crippen molar-refractivity contribution in [1.29, 1.82) is 0 Å². The second-order valence-electron chi connectivity index (χ2n) is 10.4. The van der Waals surface area contributed by atoms with Crippen molar-refractivity contribution in [2.24, 2.45) is 5.92 Å². The van der Waals surface area contributed by atoms with E-state index in [9.17, 15) is 9.59 Å². The summed E-state index contributed by atoms with van der Waals surface area (Å²) >= 11 is 0. The van der Waals surface area contributed by atoms with Gasteiger partial charge < -0.3 is 20.1 Å². The molecule has 1 aliphatic carbocycles. The molecule has 3 aromatic rings. The number of piperazine rings is 1. The van der Waals surface area contributed by atoms with E-state index < -0.39 is 0 Å². The average Bonchev–Trinajstić information content (AvgIpc) is 3.22. The van der Waals surface area contributed by atoms with Crippen LogP contribution in [0.25, 0.3) is 21.7 Å². The summed E-state index contributed by atoms with van der Waals surface area (Å²) in [5, 5.41) is 6.01. The van der Waals surface area contributed by atoms with Crippen molar-refractivity contribution in [2.75, 3.05) is 64.7 Å². The summed E-state index contributed by atoms with van der Waals surface area (Å²) in [5.74, 6) is 0.814. The molecule has 2 fully saturated rings. The maximum atomic E-state index is 13.0. The first kappa shape index (κ1) is 21.8. The van der Waals surface area contributed by atoms with Crippen molar-refractivity contribution >= 4 is 33.3 Å². The predicted octanol–water partition coefficient (Wildman–Crippen LogP) is 2.48. The summed E-state index contributed by atoms with van der Waals surface area (Å²) in [5.41, 5.74) is 3.92. The molecule has 2 saturated heterocycles. The van der Waals surface area contributed by atoms with E-state index in [1.807, 2.05) is 24.3 Å². The lowest BCUT2D eigenvalue weighted by Crippen LogP contribution is -2.50. The van der Waals surface area contributed by atoms with Crippen molar-refractivity contribution < 1.29 is 4.79 Å². The minimum Gasteiger partial charge on any atom is -0.325 e. The Balaban J connectivity index is 1.09. The van der Waals surface area contributed by atoms with Gasteiger partial charge in [0.25, 0.3) is 5.56 Å². The average molecular weight is 460 g/mol. The Morgan fingerprint density at radius 1 is 1.06 bits per heavy atom. The highest BCUT2D eigenvalue weighted by Crippen LogP contribution is 2.39. The number of H-pyrrole nitrogens is 1. The highest BCUT2D eigenvalue weighted by molar-refractivity contribution is 6.14. The number of carbonyl (C=O) groups excluding carboxylic acids is 1. The van der Waals surface area contributed by atoms with Crippen LogP contribution in [0.2, 0.25) is 0 Å². The van der Waals surface area contributed by atoms with E-state index in [0.29, 0.717) is 6.54 Å². The van der Waals surface area contributed by atoms with E-state index >= 15 is 0 Å². The maximum Gasteiger partial charge on any atom is 0.256 e. The number of hydrogen-bond donors (Lipinski definition) is 2. The zero-order valence-electron chi connectivity index (χ0n) is 19.9. The molecular weight excluding hydrogens is 426 g/mol. The van der Waals surface area contributed by atoms with Crippen LogP contribution in [-0.2, 0) is 11.2 Å². The van der Waals surface area contributed by atoms with Gasteiger partial charge >= 0.3 is 0 Å². The second-order valence-corrected chi connectivity index (χ2v) is 10.4. The third-order valence-corrected chi connectivity index (χ3v) is 7.92. The summed E-state index contributed by atoms with van der Waals surface area (Å²) < 4.78 is 0. The Morgan fingerprint density at radius 2 is 1.88 bits per heavy atom. The van der Waals surface area contributed by atoms with Crippen molar-refractivity contribution in [3.8, 4) is 0 Å². The first-order valence-corrected chi connectivity index (χ1v) is 12.6.